The fourth-order valence-electron chi connectivity index (χ4n) is 2.99. The van der Waals surface area contributed by atoms with Crippen molar-refractivity contribution in [3.05, 3.63) is 81.7 Å². The van der Waals surface area contributed by atoms with Gasteiger partial charge in [-0.3, -0.25) is 14.2 Å². The predicted octanol–water partition coefficient (Wildman–Crippen LogP) is 3.29. The molecular weight excluding hydrogens is 400 g/mol. The van der Waals surface area contributed by atoms with Crippen LogP contribution < -0.4 is 11.0 Å². The number of aryl methyl sites for hydroxylation is 1. The maximum Gasteiger partial charge on any atom is 0.263 e. The summed E-state index contributed by atoms with van der Waals surface area (Å²) in [4.78, 5) is 30.2. The molecule has 0 unspecified atom stereocenters. The lowest BCUT2D eigenvalue weighted by Crippen LogP contribution is -2.30. The number of para-hydroxylation sites is 1. The summed E-state index contributed by atoms with van der Waals surface area (Å²) in [5, 5.41) is 15.9. The number of hydrazone groups is 1. The first-order valence-electron chi connectivity index (χ1n) is 9.16. The maximum atomic E-state index is 13.0. The van der Waals surface area contributed by atoms with Gasteiger partial charge < -0.3 is 5.11 Å². The summed E-state index contributed by atoms with van der Waals surface area (Å²) in [5.41, 5.74) is 5.42. The van der Waals surface area contributed by atoms with E-state index in [9.17, 15) is 14.7 Å². The second-order valence-electron chi connectivity index (χ2n) is 6.73. The topological polar surface area (TPSA) is 96.6 Å². The Morgan fingerprint density at radius 2 is 2.00 bits per heavy atom. The van der Waals surface area contributed by atoms with Crippen molar-refractivity contribution >= 4 is 33.7 Å². The van der Waals surface area contributed by atoms with Crippen LogP contribution in [0.5, 0.6) is 5.75 Å². The van der Waals surface area contributed by atoms with Crippen molar-refractivity contribution in [2.75, 3.05) is 0 Å². The van der Waals surface area contributed by atoms with Crippen LogP contribution >= 0.6 is 11.3 Å². The molecule has 2 aromatic heterocycles. The van der Waals surface area contributed by atoms with Crippen LogP contribution in [0.3, 0.4) is 0 Å². The van der Waals surface area contributed by atoms with E-state index in [1.807, 2.05) is 36.6 Å². The molecule has 0 saturated carbocycles. The lowest BCUT2D eigenvalue weighted by Gasteiger charge is -2.06. The molecule has 0 aliphatic rings. The molecular formula is C22H18N4O3S. The third-order valence-electron chi connectivity index (χ3n) is 4.57. The van der Waals surface area contributed by atoms with Crippen LogP contribution in [0.1, 0.15) is 11.1 Å². The van der Waals surface area contributed by atoms with Crippen LogP contribution in [0.25, 0.3) is 21.3 Å². The highest BCUT2D eigenvalue weighted by molar-refractivity contribution is 7.17. The fraction of sp³-hybridized carbons (Fsp3) is 0.0909. The minimum Gasteiger partial charge on any atom is -0.507 e. The number of carbonyl (C=O) groups is 1. The Hall–Kier alpha value is -3.78. The average molecular weight is 418 g/mol. The molecule has 2 heterocycles. The number of hydrogen-bond acceptors (Lipinski definition) is 6. The monoisotopic (exact) mass is 418 g/mol. The lowest BCUT2D eigenvalue weighted by molar-refractivity contribution is -0.121. The summed E-state index contributed by atoms with van der Waals surface area (Å²) < 4.78 is 1.26. The van der Waals surface area contributed by atoms with E-state index < -0.39 is 5.91 Å². The van der Waals surface area contributed by atoms with Crippen molar-refractivity contribution < 1.29 is 9.90 Å². The van der Waals surface area contributed by atoms with Gasteiger partial charge in [-0.15, -0.1) is 11.3 Å². The minimum absolute atomic E-state index is 0.0578. The highest BCUT2D eigenvalue weighted by atomic mass is 32.1. The van der Waals surface area contributed by atoms with Crippen LogP contribution in [-0.2, 0) is 11.3 Å². The Morgan fingerprint density at radius 3 is 2.77 bits per heavy atom. The van der Waals surface area contributed by atoms with E-state index in [2.05, 4.69) is 15.5 Å². The number of rotatable bonds is 5. The SMILES string of the molecule is Cc1ccc(-c2csc3ncn(CC(=O)N/N=C\c4ccccc4O)c(=O)c23)cc1. The molecule has 0 radical (unpaired) electrons. The molecule has 0 spiro atoms. The number of nitrogens with one attached hydrogen (secondary N) is 1. The number of phenols is 1. The molecule has 0 saturated heterocycles. The van der Waals surface area contributed by atoms with E-state index >= 15 is 0 Å². The predicted molar refractivity (Wildman–Crippen MR) is 118 cm³/mol. The smallest absolute Gasteiger partial charge is 0.263 e. The van der Waals surface area contributed by atoms with Crippen molar-refractivity contribution in [1.82, 2.24) is 15.0 Å². The zero-order chi connectivity index (χ0) is 21.1. The number of aromatic hydroxyl groups is 1. The van der Waals surface area contributed by atoms with Gasteiger partial charge in [0.25, 0.3) is 11.5 Å². The van der Waals surface area contributed by atoms with Gasteiger partial charge in [-0.2, -0.15) is 5.10 Å². The zero-order valence-electron chi connectivity index (χ0n) is 16.1. The van der Waals surface area contributed by atoms with E-state index in [1.165, 1.54) is 34.5 Å². The number of thiophene rings is 1. The van der Waals surface area contributed by atoms with Gasteiger partial charge in [-0.25, -0.2) is 10.4 Å². The molecule has 0 fully saturated rings. The van der Waals surface area contributed by atoms with Crippen LogP contribution in [0, 0.1) is 6.92 Å². The quantitative estimate of drug-likeness (QED) is 0.384. The summed E-state index contributed by atoms with van der Waals surface area (Å²) in [5.74, 6) is -0.417. The highest BCUT2D eigenvalue weighted by Gasteiger charge is 2.14. The second kappa shape index (κ2) is 8.30. The molecule has 0 atom stereocenters. The average Bonchev–Trinajstić information content (AvgIpc) is 3.17. The molecule has 30 heavy (non-hydrogen) atoms. The van der Waals surface area contributed by atoms with Crippen molar-refractivity contribution in [3.8, 4) is 16.9 Å². The van der Waals surface area contributed by atoms with Gasteiger partial charge >= 0.3 is 0 Å². The van der Waals surface area contributed by atoms with E-state index in [1.54, 1.807) is 18.2 Å². The Kier molecular flexibility index (Phi) is 5.40. The van der Waals surface area contributed by atoms with E-state index in [0.29, 0.717) is 15.8 Å². The van der Waals surface area contributed by atoms with Crippen molar-refractivity contribution in [3.63, 3.8) is 0 Å². The van der Waals surface area contributed by atoms with Gasteiger partial charge in [-0.05, 0) is 24.6 Å². The molecule has 0 bridgehead atoms. The second-order valence-corrected chi connectivity index (χ2v) is 7.58. The van der Waals surface area contributed by atoms with Crippen LogP contribution in [0.15, 0.2) is 70.1 Å². The molecule has 0 aliphatic carbocycles. The van der Waals surface area contributed by atoms with Gasteiger partial charge in [0.2, 0.25) is 0 Å². The van der Waals surface area contributed by atoms with Gasteiger partial charge in [0.1, 0.15) is 17.1 Å². The fourth-order valence-corrected chi connectivity index (χ4v) is 3.89. The molecule has 150 valence electrons. The van der Waals surface area contributed by atoms with E-state index in [-0.39, 0.29) is 17.9 Å². The summed E-state index contributed by atoms with van der Waals surface area (Å²) in [6.07, 6.45) is 2.71. The number of amides is 1. The van der Waals surface area contributed by atoms with Crippen molar-refractivity contribution in [2.45, 2.75) is 13.5 Å². The Morgan fingerprint density at radius 1 is 1.23 bits per heavy atom. The first-order chi connectivity index (χ1) is 14.5. The molecule has 0 aliphatic heterocycles. The summed E-state index contributed by atoms with van der Waals surface area (Å²) in [6.45, 7) is 1.79. The Labute approximate surface area is 176 Å². The minimum atomic E-state index is -0.475. The van der Waals surface area contributed by atoms with E-state index in [4.69, 9.17) is 0 Å². The zero-order valence-corrected chi connectivity index (χ0v) is 16.9. The normalized spacial score (nSPS) is 11.2. The van der Waals surface area contributed by atoms with Crippen LogP contribution in [0.2, 0.25) is 0 Å². The van der Waals surface area contributed by atoms with Crippen LogP contribution in [-0.4, -0.2) is 26.8 Å². The number of fused-ring (bicyclic) bond motifs is 1. The third-order valence-corrected chi connectivity index (χ3v) is 5.45. The molecule has 8 heteroatoms. The van der Waals surface area contributed by atoms with Crippen molar-refractivity contribution in [1.29, 1.82) is 0 Å². The number of nitrogens with zero attached hydrogens (tertiary/aromatic N) is 3. The standard InChI is InChI=1S/C22H18N4O3S/c1-14-6-8-15(9-7-14)17-12-30-21-20(17)22(29)26(13-23-21)11-19(28)25-24-10-16-4-2-3-5-18(16)27/h2-10,12-13,27H,11H2,1H3,(H,25,28)/b24-10-. The molecule has 2 aromatic carbocycles. The molecule has 1 amide bonds. The van der Waals surface area contributed by atoms with Crippen molar-refractivity contribution in [2.24, 2.45) is 5.10 Å². The molecule has 4 rings (SSSR count). The number of benzene rings is 2. The highest BCUT2D eigenvalue weighted by Crippen LogP contribution is 2.30. The largest absolute Gasteiger partial charge is 0.507 e. The molecule has 7 nitrogen and oxygen atoms in total. The maximum absolute atomic E-state index is 13.0. The molecule has 4 aromatic rings. The lowest BCUT2D eigenvalue weighted by atomic mass is 10.1. The van der Waals surface area contributed by atoms with Gasteiger partial charge in [0.15, 0.2) is 0 Å². The summed E-state index contributed by atoms with van der Waals surface area (Å²) in [6, 6.07) is 14.5. The van der Waals surface area contributed by atoms with Gasteiger partial charge in [0, 0.05) is 16.5 Å². The first-order valence-corrected chi connectivity index (χ1v) is 10.0. The van der Waals surface area contributed by atoms with Crippen LogP contribution in [0.4, 0.5) is 0 Å². The Balaban J connectivity index is 1.56. The summed E-state index contributed by atoms with van der Waals surface area (Å²) in [7, 11) is 0. The van der Waals surface area contributed by atoms with Gasteiger partial charge in [-0.1, -0.05) is 42.0 Å². The number of carbonyl (C=O) groups excluding carboxylic acids is 1. The van der Waals surface area contributed by atoms with E-state index in [0.717, 1.165) is 16.7 Å². The summed E-state index contributed by atoms with van der Waals surface area (Å²) >= 11 is 1.40. The molecule has 2 N–H and O–H groups in total. The Bertz CT molecular complexity index is 1310. The first kappa shape index (κ1) is 19.5. The number of aromatic nitrogens is 2. The third kappa shape index (κ3) is 3.99. The number of hydrogen-bond donors (Lipinski definition) is 2. The number of phenolic OH excluding ortho intramolecular Hbond substituents is 1. The van der Waals surface area contributed by atoms with Gasteiger partial charge in [0.05, 0.1) is 17.9 Å².